The molecule has 0 unspecified atom stereocenters. The molecule has 18 rings (SSSR count). The van der Waals surface area contributed by atoms with Crippen LogP contribution in [0.5, 0.6) is 0 Å². The van der Waals surface area contributed by atoms with Crippen molar-refractivity contribution >= 4 is 83.9 Å². The number of halogens is 1. The third-order valence-corrected chi connectivity index (χ3v) is 19.5. The third kappa shape index (κ3) is 11.1. The largest absolute Gasteiger partial charge is 0.455 e. The van der Waals surface area contributed by atoms with E-state index >= 15 is 0 Å². The summed E-state index contributed by atoms with van der Waals surface area (Å²) in [6, 6.07) is 116. The van der Waals surface area contributed by atoms with Crippen molar-refractivity contribution in [2.24, 2.45) is 0 Å². The van der Waals surface area contributed by atoms with E-state index in [0.717, 1.165) is 99.6 Å². The first-order valence-electron chi connectivity index (χ1n) is 32.6. The summed E-state index contributed by atoms with van der Waals surface area (Å²) in [5.74, 6) is 0. The first-order valence-corrected chi connectivity index (χ1v) is 32.9. The molecule has 14 aromatic carbocycles. The molecule has 0 spiro atoms. The first kappa shape index (κ1) is 60.8. The van der Waals surface area contributed by atoms with Crippen LogP contribution in [0.4, 0.5) is 28.4 Å². The first-order chi connectivity index (χ1) is 46.5. The summed E-state index contributed by atoms with van der Waals surface area (Å²) in [4.78, 5) is 2.40. The summed E-state index contributed by atoms with van der Waals surface area (Å²) in [5, 5.41) is 8.69. The SMILES string of the molecule is C.CC1(C)c2ccccc2-c2ccc(N(c3ccc(-c4ccccc4)cc3)c3cc(-c4ccccc4)c4oc5ccccc5c4c3)cc21.CC1(C)c2ccccc2-c2ccc(Nc3ccc(-c4ccccc4)cc3)cc21.Clc1cc(-c2ccccc2)c2oc3ccccc3c2c1. The fourth-order valence-corrected chi connectivity index (χ4v) is 14.7. The molecule has 5 heteroatoms. The van der Waals surface area contributed by atoms with E-state index in [0.29, 0.717) is 0 Å². The number of hydrogen-bond donors (Lipinski definition) is 1. The molecule has 0 amide bonds. The molecule has 96 heavy (non-hydrogen) atoms. The van der Waals surface area contributed by atoms with Crippen molar-refractivity contribution in [2.75, 3.05) is 10.2 Å². The van der Waals surface area contributed by atoms with Gasteiger partial charge in [-0.1, -0.05) is 289 Å². The van der Waals surface area contributed by atoms with Gasteiger partial charge in [-0.3, -0.25) is 0 Å². The van der Waals surface area contributed by atoms with Crippen molar-refractivity contribution in [3.05, 3.63) is 355 Å². The molecule has 4 nitrogen and oxygen atoms in total. The Morgan fingerprint density at radius 3 is 1.20 bits per heavy atom. The van der Waals surface area contributed by atoms with Gasteiger partial charge in [-0.15, -0.1) is 0 Å². The Kier molecular flexibility index (Phi) is 15.9. The number of hydrogen-bond acceptors (Lipinski definition) is 4. The zero-order valence-corrected chi connectivity index (χ0v) is 54.1. The van der Waals surface area contributed by atoms with Crippen LogP contribution in [0.3, 0.4) is 0 Å². The molecule has 464 valence electrons. The topological polar surface area (TPSA) is 41.6 Å². The monoisotopic (exact) mass is 1260 g/mol. The highest BCUT2D eigenvalue weighted by atomic mass is 35.5. The number of furan rings is 2. The summed E-state index contributed by atoms with van der Waals surface area (Å²) >= 11 is 6.29. The molecule has 2 aliphatic rings. The van der Waals surface area contributed by atoms with Gasteiger partial charge in [-0.25, -0.2) is 0 Å². The minimum atomic E-state index is -0.106. The van der Waals surface area contributed by atoms with Gasteiger partial charge in [-0.2, -0.15) is 0 Å². The second kappa shape index (κ2) is 25.1. The van der Waals surface area contributed by atoms with Crippen molar-refractivity contribution in [1.82, 2.24) is 0 Å². The zero-order chi connectivity index (χ0) is 64.2. The van der Waals surface area contributed by atoms with E-state index in [1.807, 2.05) is 60.7 Å². The summed E-state index contributed by atoms with van der Waals surface area (Å²) in [6.45, 7) is 9.32. The molecule has 0 radical (unpaired) electrons. The summed E-state index contributed by atoms with van der Waals surface area (Å²) in [7, 11) is 0. The van der Waals surface area contributed by atoms with E-state index in [9.17, 15) is 0 Å². The van der Waals surface area contributed by atoms with Crippen molar-refractivity contribution in [3.63, 3.8) is 0 Å². The predicted molar refractivity (Wildman–Crippen MR) is 407 cm³/mol. The van der Waals surface area contributed by atoms with E-state index in [4.69, 9.17) is 20.4 Å². The van der Waals surface area contributed by atoms with Crippen LogP contribution in [-0.4, -0.2) is 0 Å². The molecular weight excluding hydrogens is 1190 g/mol. The van der Waals surface area contributed by atoms with Gasteiger partial charge in [0.15, 0.2) is 0 Å². The van der Waals surface area contributed by atoms with Gasteiger partial charge in [0, 0.05) is 77.0 Å². The molecule has 0 saturated heterocycles. The molecule has 0 fully saturated rings. The highest BCUT2D eigenvalue weighted by Crippen LogP contribution is 2.53. The average Bonchev–Trinajstić information content (AvgIpc) is 1.57. The number of anilines is 5. The lowest BCUT2D eigenvalue weighted by Crippen LogP contribution is -2.16. The summed E-state index contributed by atoms with van der Waals surface area (Å²) in [5.41, 5.74) is 29.2. The lowest BCUT2D eigenvalue weighted by atomic mass is 9.82. The number of fused-ring (bicyclic) bond motifs is 12. The van der Waals surface area contributed by atoms with Gasteiger partial charge < -0.3 is 19.1 Å². The van der Waals surface area contributed by atoms with Crippen LogP contribution in [0.1, 0.15) is 57.4 Å². The van der Waals surface area contributed by atoms with E-state index in [1.165, 1.54) is 66.8 Å². The quantitative estimate of drug-likeness (QED) is 0.156. The van der Waals surface area contributed by atoms with Crippen molar-refractivity contribution in [1.29, 1.82) is 0 Å². The van der Waals surface area contributed by atoms with E-state index < -0.39 is 0 Å². The van der Waals surface area contributed by atoms with Gasteiger partial charge in [-0.05, 0) is 163 Å². The molecule has 0 saturated carbocycles. The Labute approximate surface area is 567 Å². The second-order valence-corrected chi connectivity index (χ2v) is 26.2. The maximum atomic E-state index is 6.55. The van der Waals surface area contributed by atoms with Crippen LogP contribution in [-0.2, 0) is 10.8 Å². The number of benzene rings is 14. The number of nitrogens with one attached hydrogen (secondary N) is 1. The molecule has 2 aromatic heterocycles. The Morgan fingerprint density at radius 2 is 0.667 bits per heavy atom. The molecule has 16 aromatic rings. The predicted octanol–water partition coefficient (Wildman–Crippen LogP) is 26.6. The fourth-order valence-electron chi connectivity index (χ4n) is 14.4. The average molecular weight is 1260 g/mol. The highest BCUT2D eigenvalue weighted by molar-refractivity contribution is 6.32. The number of para-hydroxylation sites is 2. The minimum Gasteiger partial charge on any atom is -0.455 e. The molecule has 2 aliphatic carbocycles. The fraction of sp³-hybridized carbons (Fsp3) is 0.0769. The van der Waals surface area contributed by atoms with Gasteiger partial charge >= 0.3 is 0 Å². The van der Waals surface area contributed by atoms with E-state index in [2.05, 4.69) is 305 Å². The zero-order valence-electron chi connectivity index (χ0n) is 53.3. The van der Waals surface area contributed by atoms with Crippen molar-refractivity contribution in [3.8, 4) is 66.8 Å². The summed E-state index contributed by atoms with van der Waals surface area (Å²) < 4.78 is 12.6. The van der Waals surface area contributed by atoms with Crippen LogP contribution >= 0.6 is 11.6 Å². The van der Waals surface area contributed by atoms with Gasteiger partial charge in [0.2, 0.25) is 0 Å². The standard InChI is InChI=1S/C45H33NO.C27H23N.C18H11ClO.CH4/c1-45(2)41-19-11-9-17-36(41)37-26-25-34(29-42(37)45)46(33-23-21-31(22-24-33)30-13-5-3-6-14-30)35-27-39(32-15-7-4-8-16-32)44-40(28-35)38-18-10-12-20-43(38)47-44;1-27(2)25-11-7-6-10-23(25)24-17-16-22(18-26(24)27)28-21-14-12-20(13-15-21)19-8-4-3-5-9-19;19-13-10-15(12-6-2-1-3-7-12)18-16(11-13)14-8-4-5-9-17(14)20-18;/h3-29H,1-2H3;3-18,28H,1-2H3;1-11H;1H4. The Bertz CT molecular complexity index is 5500. The van der Waals surface area contributed by atoms with Crippen LogP contribution < -0.4 is 10.2 Å². The highest BCUT2D eigenvalue weighted by Gasteiger charge is 2.37. The van der Waals surface area contributed by atoms with Crippen LogP contribution in [0.2, 0.25) is 5.02 Å². The number of rotatable bonds is 9. The Morgan fingerprint density at radius 1 is 0.281 bits per heavy atom. The van der Waals surface area contributed by atoms with Crippen molar-refractivity contribution < 1.29 is 8.83 Å². The maximum Gasteiger partial charge on any atom is 0.143 e. The van der Waals surface area contributed by atoms with Crippen LogP contribution in [0.25, 0.3) is 111 Å². The molecule has 2 heterocycles. The number of nitrogens with zero attached hydrogens (tertiary/aromatic N) is 1. The van der Waals surface area contributed by atoms with Gasteiger partial charge in [0.1, 0.15) is 22.3 Å². The smallest absolute Gasteiger partial charge is 0.143 e. The Balaban J connectivity index is 0.000000130. The lowest BCUT2D eigenvalue weighted by molar-refractivity contribution is 0.660. The minimum absolute atomic E-state index is 0. The lowest BCUT2D eigenvalue weighted by Gasteiger charge is -2.29. The molecule has 0 atom stereocenters. The van der Waals surface area contributed by atoms with Crippen LogP contribution in [0.15, 0.2) is 336 Å². The molecule has 0 bridgehead atoms. The third-order valence-electron chi connectivity index (χ3n) is 19.3. The normalized spacial score (nSPS) is 12.7. The van der Waals surface area contributed by atoms with E-state index in [-0.39, 0.29) is 18.3 Å². The molecule has 1 N–H and O–H groups in total. The van der Waals surface area contributed by atoms with Gasteiger partial charge in [0.25, 0.3) is 0 Å². The van der Waals surface area contributed by atoms with Gasteiger partial charge in [0.05, 0.1) is 0 Å². The maximum absolute atomic E-state index is 6.55. The Hall–Kier alpha value is -11.4. The molecule has 0 aliphatic heterocycles. The van der Waals surface area contributed by atoms with Crippen LogP contribution in [0, 0.1) is 0 Å². The molecular formula is C91H71ClN2O2. The van der Waals surface area contributed by atoms with E-state index in [1.54, 1.807) is 0 Å². The summed E-state index contributed by atoms with van der Waals surface area (Å²) in [6.07, 6.45) is 0. The second-order valence-electron chi connectivity index (χ2n) is 25.8. The van der Waals surface area contributed by atoms with Crippen molar-refractivity contribution in [2.45, 2.75) is 46.0 Å².